The van der Waals surface area contributed by atoms with Crippen molar-refractivity contribution >= 4 is 27.8 Å². The number of rotatable bonds is 2. The number of nitrogens with zero attached hydrogens (tertiary/aromatic N) is 3. The summed E-state index contributed by atoms with van der Waals surface area (Å²) >= 11 is 0. The largest absolute Gasteiger partial charge is 0.394 e. The second kappa shape index (κ2) is 5.38. The summed E-state index contributed by atoms with van der Waals surface area (Å²) in [6, 6.07) is 7.57. The predicted octanol–water partition coefficient (Wildman–Crippen LogP) is -0.792. The number of fused-ring (bicyclic) bond motifs is 3. The standard InChI is InChI=1S/C16H18N4O4/c1-19-7-18-15-11(14(19)17)8-4-2-3-5-9(8)20(15)16-13(23)12(22)10(6-21)24-16/h2-5,7,10,12-13,16-17,21-23H,6H2,1H3/p+1/t10-,12-,13-,16-/m1/s1. The Balaban J connectivity index is 2.03. The summed E-state index contributed by atoms with van der Waals surface area (Å²) in [4.78, 5) is 4.44. The number of nitrogens with two attached hydrogens (primary N) is 1. The van der Waals surface area contributed by atoms with E-state index in [0.717, 1.165) is 16.3 Å². The lowest BCUT2D eigenvalue weighted by atomic mass is 10.1. The molecule has 1 aromatic carbocycles. The molecular weight excluding hydrogens is 312 g/mol. The average Bonchev–Trinajstić information content (AvgIpc) is 3.07. The minimum absolute atomic E-state index is 0.379. The van der Waals surface area contributed by atoms with Crippen LogP contribution in [0.4, 0.5) is 5.82 Å². The van der Waals surface area contributed by atoms with Crippen molar-refractivity contribution < 1.29 is 24.6 Å². The van der Waals surface area contributed by atoms with Crippen molar-refractivity contribution in [2.24, 2.45) is 7.05 Å². The van der Waals surface area contributed by atoms with E-state index in [9.17, 15) is 15.3 Å². The molecule has 126 valence electrons. The number of ether oxygens (including phenoxy) is 1. The molecule has 8 nitrogen and oxygen atoms in total. The highest BCUT2D eigenvalue weighted by Crippen LogP contribution is 2.38. The molecule has 3 heterocycles. The number of benzene rings is 1. The second-order valence-corrected chi connectivity index (χ2v) is 6.06. The lowest BCUT2D eigenvalue weighted by molar-refractivity contribution is -0.658. The van der Waals surface area contributed by atoms with Crippen molar-refractivity contribution in [2.75, 3.05) is 12.3 Å². The maximum Gasteiger partial charge on any atom is 0.232 e. The maximum atomic E-state index is 10.4. The van der Waals surface area contributed by atoms with Crippen LogP contribution in [0.2, 0.25) is 0 Å². The topological polar surface area (TPSA) is 118 Å². The van der Waals surface area contributed by atoms with E-state index in [1.165, 1.54) is 0 Å². The number of nitrogen functional groups attached to an aromatic ring is 1. The summed E-state index contributed by atoms with van der Waals surface area (Å²) in [6.07, 6.45) is -2.47. The minimum atomic E-state index is -1.18. The summed E-state index contributed by atoms with van der Waals surface area (Å²) in [6.45, 7) is -0.379. The monoisotopic (exact) mass is 331 g/mol. The molecule has 0 amide bonds. The van der Waals surface area contributed by atoms with Crippen LogP contribution in [0.3, 0.4) is 0 Å². The Morgan fingerprint density at radius 1 is 1.29 bits per heavy atom. The van der Waals surface area contributed by atoms with E-state index in [-0.39, 0.29) is 6.61 Å². The summed E-state index contributed by atoms with van der Waals surface area (Å²) in [5, 5.41) is 31.4. The molecule has 1 aliphatic rings. The van der Waals surface area contributed by atoms with Crippen LogP contribution in [0.1, 0.15) is 6.23 Å². The van der Waals surface area contributed by atoms with Crippen molar-refractivity contribution in [3.63, 3.8) is 0 Å². The van der Waals surface area contributed by atoms with Crippen LogP contribution in [0, 0.1) is 0 Å². The highest BCUT2D eigenvalue weighted by molar-refractivity contribution is 6.10. The zero-order valence-electron chi connectivity index (χ0n) is 13.1. The van der Waals surface area contributed by atoms with E-state index in [2.05, 4.69) is 4.98 Å². The van der Waals surface area contributed by atoms with Gasteiger partial charge in [-0.1, -0.05) is 23.2 Å². The molecule has 1 aliphatic heterocycles. The predicted molar refractivity (Wildman–Crippen MR) is 85.8 cm³/mol. The van der Waals surface area contributed by atoms with Crippen LogP contribution in [-0.2, 0) is 11.8 Å². The summed E-state index contributed by atoms with van der Waals surface area (Å²) in [5.41, 5.74) is 7.57. The zero-order valence-corrected chi connectivity index (χ0v) is 13.1. The molecule has 2 aromatic heterocycles. The van der Waals surface area contributed by atoms with Gasteiger partial charge < -0.3 is 25.8 Å². The third-order valence-electron chi connectivity index (χ3n) is 4.65. The number of aliphatic hydroxyl groups is 3. The number of hydrogen-bond donors (Lipinski definition) is 4. The molecule has 1 fully saturated rings. The fraction of sp³-hybridized carbons (Fsp3) is 0.375. The normalized spacial score (nSPS) is 27.3. The number of aromatic nitrogens is 3. The van der Waals surface area contributed by atoms with E-state index in [0.29, 0.717) is 11.5 Å². The van der Waals surface area contributed by atoms with Gasteiger partial charge in [-0.25, -0.2) is 4.57 Å². The molecule has 5 N–H and O–H groups in total. The first-order valence-electron chi connectivity index (χ1n) is 7.69. The molecule has 24 heavy (non-hydrogen) atoms. The first kappa shape index (κ1) is 15.3. The van der Waals surface area contributed by atoms with E-state index in [1.54, 1.807) is 22.5 Å². The summed E-state index contributed by atoms with van der Waals surface area (Å²) < 4.78 is 9.14. The molecule has 8 heteroatoms. The highest BCUT2D eigenvalue weighted by Gasteiger charge is 2.45. The highest BCUT2D eigenvalue weighted by atomic mass is 16.6. The Morgan fingerprint density at radius 3 is 2.75 bits per heavy atom. The van der Waals surface area contributed by atoms with Gasteiger partial charge in [0.05, 0.1) is 19.2 Å². The number of anilines is 1. The van der Waals surface area contributed by atoms with E-state index in [4.69, 9.17) is 10.5 Å². The van der Waals surface area contributed by atoms with Crippen molar-refractivity contribution in [1.29, 1.82) is 0 Å². The fourth-order valence-corrected chi connectivity index (χ4v) is 3.36. The molecule has 3 aromatic rings. The average molecular weight is 331 g/mol. The molecule has 0 bridgehead atoms. The van der Waals surface area contributed by atoms with Crippen molar-refractivity contribution in [3.05, 3.63) is 30.6 Å². The fourth-order valence-electron chi connectivity index (χ4n) is 3.36. The molecule has 4 rings (SSSR count). The third-order valence-corrected chi connectivity index (χ3v) is 4.65. The van der Waals surface area contributed by atoms with Gasteiger partial charge in [-0.05, 0) is 6.07 Å². The van der Waals surface area contributed by atoms with Gasteiger partial charge in [-0.2, -0.15) is 0 Å². The second-order valence-electron chi connectivity index (χ2n) is 6.06. The Hall–Kier alpha value is -2.26. The third kappa shape index (κ3) is 1.94. The Labute approximate surface area is 137 Å². The van der Waals surface area contributed by atoms with Gasteiger partial charge in [0.25, 0.3) is 0 Å². The van der Waals surface area contributed by atoms with Gasteiger partial charge >= 0.3 is 0 Å². The summed E-state index contributed by atoms with van der Waals surface area (Å²) in [5.74, 6) is 0.543. The Kier molecular flexibility index (Phi) is 3.43. The van der Waals surface area contributed by atoms with Crippen LogP contribution in [-0.4, -0.2) is 49.8 Å². The number of para-hydroxylation sites is 1. The number of hydrogen-bond acceptors (Lipinski definition) is 6. The van der Waals surface area contributed by atoms with Crippen molar-refractivity contribution in [1.82, 2.24) is 9.55 Å². The van der Waals surface area contributed by atoms with Gasteiger partial charge in [0, 0.05) is 5.39 Å². The number of aryl methyl sites for hydroxylation is 1. The Bertz CT molecular complexity index is 925. The minimum Gasteiger partial charge on any atom is -0.394 e. The molecule has 0 spiro atoms. The van der Waals surface area contributed by atoms with Crippen LogP contribution >= 0.6 is 0 Å². The van der Waals surface area contributed by atoms with E-state index < -0.39 is 24.5 Å². The molecule has 4 atom stereocenters. The van der Waals surface area contributed by atoms with Gasteiger partial charge in [0.15, 0.2) is 6.23 Å². The zero-order chi connectivity index (χ0) is 17.0. The molecule has 0 unspecified atom stereocenters. The van der Waals surface area contributed by atoms with Crippen LogP contribution in [0.25, 0.3) is 21.9 Å². The van der Waals surface area contributed by atoms with Crippen molar-refractivity contribution in [3.8, 4) is 0 Å². The molecule has 0 radical (unpaired) electrons. The quantitative estimate of drug-likeness (QED) is 0.457. The molecule has 1 saturated heterocycles. The molecule has 0 aliphatic carbocycles. The van der Waals surface area contributed by atoms with Crippen molar-refractivity contribution in [2.45, 2.75) is 24.5 Å². The van der Waals surface area contributed by atoms with Gasteiger partial charge in [-0.15, -0.1) is 0 Å². The lowest BCUT2D eigenvalue weighted by Gasteiger charge is -2.17. The first-order chi connectivity index (χ1) is 11.5. The smallest absolute Gasteiger partial charge is 0.232 e. The summed E-state index contributed by atoms with van der Waals surface area (Å²) in [7, 11) is 1.81. The molecular formula is C16H19N4O4+. The molecule has 0 saturated carbocycles. The Morgan fingerprint density at radius 2 is 2.04 bits per heavy atom. The first-order valence-corrected chi connectivity index (χ1v) is 7.69. The van der Waals surface area contributed by atoms with Crippen LogP contribution in [0.5, 0.6) is 0 Å². The van der Waals surface area contributed by atoms with Gasteiger partial charge in [0.1, 0.15) is 23.7 Å². The van der Waals surface area contributed by atoms with Gasteiger partial charge in [0.2, 0.25) is 17.8 Å². The van der Waals surface area contributed by atoms with Gasteiger partial charge in [-0.3, -0.25) is 4.57 Å². The lowest BCUT2D eigenvalue weighted by Crippen LogP contribution is -2.34. The van der Waals surface area contributed by atoms with Crippen LogP contribution < -0.4 is 10.3 Å². The SMILES string of the molecule is C[n+]1cnc2c(c1N)c1ccccc1n2[C@@H]1O[C@H](CO)[C@@H](O)[C@H]1O. The van der Waals surface area contributed by atoms with E-state index >= 15 is 0 Å². The van der Waals surface area contributed by atoms with E-state index in [1.807, 2.05) is 24.3 Å². The van der Waals surface area contributed by atoms with Crippen LogP contribution in [0.15, 0.2) is 30.6 Å². The number of aliphatic hydroxyl groups excluding tert-OH is 3. The maximum absolute atomic E-state index is 10.4.